The van der Waals surface area contributed by atoms with Crippen LogP contribution < -0.4 is 5.73 Å². The molecule has 0 saturated carbocycles. The Morgan fingerprint density at radius 1 is 1.35 bits per heavy atom. The van der Waals surface area contributed by atoms with Crippen LogP contribution in [-0.2, 0) is 15.6 Å². The first-order valence-corrected chi connectivity index (χ1v) is 6.89. The lowest BCUT2D eigenvalue weighted by Crippen LogP contribution is -2.46. The average Bonchev–Trinajstić information content (AvgIpc) is 2.29. The van der Waals surface area contributed by atoms with Crippen molar-refractivity contribution in [3.8, 4) is 0 Å². The van der Waals surface area contributed by atoms with Crippen LogP contribution in [0.25, 0.3) is 0 Å². The minimum atomic E-state index is -3.27. The van der Waals surface area contributed by atoms with Gasteiger partial charge in [0.05, 0.1) is 16.8 Å². The Kier molecular flexibility index (Phi) is 3.93. The Labute approximate surface area is 101 Å². The summed E-state index contributed by atoms with van der Waals surface area (Å²) in [6, 6.07) is 5.53. The third kappa shape index (κ3) is 2.84. The van der Waals surface area contributed by atoms with Crippen LogP contribution in [0.5, 0.6) is 0 Å². The highest BCUT2D eigenvalue weighted by molar-refractivity contribution is 7.91. The summed E-state index contributed by atoms with van der Waals surface area (Å²) in [6.07, 6.45) is -1.16. The number of hydrogen-bond donors (Lipinski definition) is 3. The highest BCUT2D eigenvalue weighted by Crippen LogP contribution is 2.21. The minimum Gasteiger partial charge on any atom is -0.389 e. The summed E-state index contributed by atoms with van der Waals surface area (Å²) in [7, 11) is -3.27. The van der Waals surface area contributed by atoms with Gasteiger partial charge in [-0.2, -0.15) is 0 Å². The van der Waals surface area contributed by atoms with E-state index in [4.69, 9.17) is 5.73 Å². The summed E-state index contributed by atoms with van der Waals surface area (Å²) in [5.74, 6) is 0.00957. The first kappa shape index (κ1) is 14.1. The third-order valence-corrected chi connectivity index (χ3v) is 4.44. The van der Waals surface area contributed by atoms with Crippen LogP contribution in [0.4, 0.5) is 0 Å². The molecule has 0 aliphatic carbocycles. The lowest BCUT2D eigenvalue weighted by Gasteiger charge is -2.26. The Bertz CT molecular complexity index is 477. The van der Waals surface area contributed by atoms with Crippen molar-refractivity contribution >= 4 is 9.84 Å². The summed E-state index contributed by atoms with van der Waals surface area (Å²) in [6.45, 7) is 2.91. The zero-order valence-electron chi connectivity index (χ0n) is 9.79. The Morgan fingerprint density at radius 2 is 1.82 bits per heavy atom. The number of nitrogens with two attached hydrogens (primary N) is 1. The fourth-order valence-corrected chi connectivity index (χ4v) is 2.22. The van der Waals surface area contributed by atoms with Crippen molar-refractivity contribution < 1.29 is 18.6 Å². The number of sulfone groups is 1. The second-order valence-corrected chi connectivity index (χ2v) is 6.21. The van der Waals surface area contributed by atoms with Gasteiger partial charge < -0.3 is 10.2 Å². The standard InChI is InChI=1S/C11H17NO4S/c1-3-17(15,16)10-6-4-9(5-7-10)11(12,14)8(2)13/h4-8,13-14H,3,12H2,1-2H3/t8-,11+/m1/s1. The molecule has 0 aliphatic heterocycles. The van der Waals surface area contributed by atoms with Crippen molar-refractivity contribution in [2.75, 3.05) is 5.75 Å². The predicted octanol–water partition coefficient (Wildman–Crippen LogP) is -0.0352. The summed E-state index contributed by atoms with van der Waals surface area (Å²) in [5.41, 5.74) is 3.91. The van der Waals surface area contributed by atoms with E-state index < -0.39 is 21.7 Å². The Balaban J connectivity index is 3.13. The van der Waals surface area contributed by atoms with Crippen molar-refractivity contribution in [2.24, 2.45) is 5.73 Å². The van der Waals surface area contributed by atoms with Crippen LogP contribution in [0.2, 0.25) is 0 Å². The molecule has 0 unspecified atom stereocenters. The molecule has 0 saturated heterocycles. The maximum Gasteiger partial charge on any atom is 0.178 e. The van der Waals surface area contributed by atoms with E-state index in [9.17, 15) is 18.6 Å². The van der Waals surface area contributed by atoms with Gasteiger partial charge in [0.25, 0.3) is 0 Å². The quantitative estimate of drug-likeness (QED) is 0.659. The predicted molar refractivity (Wildman–Crippen MR) is 63.9 cm³/mol. The van der Waals surface area contributed by atoms with E-state index in [1.54, 1.807) is 6.92 Å². The first-order valence-electron chi connectivity index (χ1n) is 5.24. The molecular weight excluding hydrogens is 242 g/mol. The van der Waals surface area contributed by atoms with Crippen molar-refractivity contribution in [3.05, 3.63) is 29.8 Å². The van der Waals surface area contributed by atoms with Gasteiger partial charge in [0, 0.05) is 5.56 Å². The van der Waals surface area contributed by atoms with Gasteiger partial charge in [-0.05, 0) is 19.1 Å². The molecule has 4 N–H and O–H groups in total. The van der Waals surface area contributed by atoms with Gasteiger partial charge in [0.15, 0.2) is 15.6 Å². The average molecular weight is 259 g/mol. The zero-order valence-corrected chi connectivity index (χ0v) is 10.6. The first-order chi connectivity index (χ1) is 7.71. The molecule has 0 fully saturated rings. The number of hydrogen-bond acceptors (Lipinski definition) is 5. The summed E-state index contributed by atoms with van der Waals surface area (Å²) >= 11 is 0. The van der Waals surface area contributed by atoms with E-state index in [2.05, 4.69) is 0 Å². The molecule has 6 heteroatoms. The Hall–Kier alpha value is -0.950. The fourth-order valence-electron chi connectivity index (χ4n) is 1.34. The summed E-state index contributed by atoms with van der Waals surface area (Å²) in [4.78, 5) is 0.171. The SMILES string of the molecule is CCS(=O)(=O)c1ccc([C@@](N)(O)[C@@H](C)O)cc1. The molecule has 0 amide bonds. The van der Waals surface area contributed by atoms with Gasteiger partial charge in [-0.3, -0.25) is 5.73 Å². The smallest absolute Gasteiger partial charge is 0.178 e. The van der Waals surface area contributed by atoms with Gasteiger partial charge in [-0.1, -0.05) is 19.1 Å². The molecule has 1 rings (SSSR count). The monoisotopic (exact) mass is 259 g/mol. The zero-order chi connectivity index (χ0) is 13.3. The van der Waals surface area contributed by atoms with Crippen LogP contribution in [0.1, 0.15) is 19.4 Å². The molecule has 0 radical (unpaired) electrons. The summed E-state index contributed by atoms with van der Waals surface area (Å²) < 4.78 is 23.1. The van der Waals surface area contributed by atoms with Crippen LogP contribution >= 0.6 is 0 Å². The van der Waals surface area contributed by atoms with E-state index in [0.717, 1.165) is 0 Å². The molecule has 2 atom stereocenters. The fraction of sp³-hybridized carbons (Fsp3) is 0.455. The molecule has 0 aliphatic rings. The van der Waals surface area contributed by atoms with Crippen molar-refractivity contribution in [1.29, 1.82) is 0 Å². The molecule has 0 bridgehead atoms. The van der Waals surface area contributed by atoms with Crippen LogP contribution in [-0.4, -0.2) is 30.5 Å². The van der Waals surface area contributed by atoms with Crippen LogP contribution in [0.3, 0.4) is 0 Å². The molecule has 1 aromatic rings. The number of benzene rings is 1. The van der Waals surface area contributed by atoms with Gasteiger partial charge in [0.1, 0.15) is 0 Å². The van der Waals surface area contributed by atoms with E-state index in [1.165, 1.54) is 31.2 Å². The molecule has 96 valence electrons. The lowest BCUT2D eigenvalue weighted by molar-refractivity contribution is -0.0669. The second kappa shape index (κ2) is 4.73. The van der Waals surface area contributed by atoms with E-state index in [1.807, 2.05) is 0 Å². The third-order valence-electron chi connectivity index (χ3n) is 2.69. The van der Waals surface area contributed by atoms with Crippen molar-refractivity contribution in [2.45, 2.75) is 30.6 Å². The molecule has 1 aromatic carbocycles. The van der Waals surface area contributed by atoms with Gasteiger partial charge in [-0.25, -0.2) is 8.42 Å². The number of rotatable bonds is 4. The highest BCUT2D eigenvalue weighted by atomic mass is 32.2. The molecule has 0 spiro atoms. The molecule has 5 nitrogen and oxygen atoms in total. The topological polar surface area (TPSA) is 101 Å². The Morgan fingerprint density at radius 3 is 2.18 bits per heavy atom. The molecular formula is C11H17NO4S. The van der Waals surface area contributed by atoms with Crippen molar-refractivity contribution in [1.82, 2.24) is 0 Å². The van der Waals surface area contributed by atoms with Crippen LogP contribution in [0.15, 0.2) is 29.2 Å². The minimum absolute atomic E-state index is 0.00957. The van der Waals surface area contributed by atoms with Crippen molar-refractivity contribution in [3.63, 3.8) is 0 Å². The second-order valence-electron chi connectivity index (χ2n) is 3.93. The molecule has 0 heterocycles. The normalized spacial score (nSPS) is 17.5. The van der Waals surface area contributed by atoms with Crippen LogP contribution in [0, 0.1) is 0 Å². The molecule has 17 heavy (non-hydrogen) atoms. The highest BCUT2D eigenvalue weighted by Gasteiger charge is 2.30. The van der Waals surface area contributed by atoms with E-state index in [0.29, 0.717) is 0 Å². The van der Waals surface area contributed by atoms with E-state index in [-0.39, 0.29) is 16.2 Å². The lowest BCUT2D eigenvalue weighted by atomic mass is 9.99. The largest absolute Gasteiger partial charge is 0.389 e. The summed E-state index contributed by atoms with van der Waals surface area (Å²) in [5, 5.41) is 19.1. The molecule has 0 aromatic heterocycles. The van der Waals surface area contributed by atoms with Gasteiger partial charge >= 0.3 is 0 Å². The maximum absolute atomic E-state index is 11.6. The van der Waals surface area contributed by atoms with Gasteiger partial charge in [0.2, 0.25) is 0 Å². The maximum atomic E-state index is 11.6. The van der Waals surface area contributed by atoms with E-state index >= 15 is 0 Å². The van der Waals surface area contributed by atoms with Gasteiger partial charge in [-0.15, -0.1) is 0 Å². The number of aliphatic hydroxyl groups is 2. The number of aliphatic hydroxyl groups excluding tert-OH is 1.